The molecule has 0 aliphatic carbocycles. The van der Waals surface area contributed by atoms with Gasteiger partial charge in [0.1, 0.15) is 13.2 Å². The molecule has 1 saturated heterocycles. The number of piperidine rings is 1. The third-order valence-corrected chi connectivity index (χ3v) is 5.54. The summed E-state index contributed by atoms with van der Waals surface area (Å²) in [7, 11) is 0. The van der Waals surface area contributed by atoms with Gasteiger partial charge in [-0.2, -0.15) is 0 Å². The van der Waals surface area contributed by atoms with Gasteiger partial charge in [0.05, 0.1) is 0 Å². The molecule has 7 heteroatoms. The molecule has 2 aromatic rings. The maximum absolute atomic E-state index is 12.9. The molecule has 31 heavy (non-hydrogen) atoms. The summed E-state index contributed by atoms with van der Waals surface area (Å²) in [6, 6.07) is 13.2. The van der Waals surface area contributed by atoms with Crippen molar-refractivity contribution in [1.29, 1.82) is 0 Å². The lowest BCUT2D eigenvalue weighted by molar-refractivity contribution is 0.102. The number of urea groups is 1. The lowest BCUT2D eigenvalue weighted by atomic mass is 9.89. The summed E-state index contributed by atoms with van der Waals surface area (Å²) in [4.78, 5) is 27.1. The molecule has 2 aliphatic heterocycles. The van der Waals surface area contributed by atoms with E-state index in [9.17, 15) is 9.59 Å². The van der Waals surface area contributed by atoms with Gasteiger partial charge in [0.25, 0.3) is 5.91 Å². The minimum Gasteiger partial charge on any atom is -0.486 e. The molecule has 0 radical (unpaired) electrons. The van der Waals surface area contributed by atoms with Crippen LogP contribution in [0, 0.1) is 0 Å². The molecular formula is C24H29N3O4. The van der Waals surface area contributed by atoms with Gasteiger partial charge in [-0.05, 0) is 56.5 Å². The van der Waals surface area contributed by atoms with Gasteiger partial charge in [0.15, 0.2) is 11.5 Å². The Morgan fingerprint density at radius 1 is 1.06 bits per heavy atom. The van der Waals surface area contributed by atoms with Crippen molar-refractivity contribution in [3.63, 3.8) is 0 Å². The molecule has 3 amide bonds. The van der Waals surface area contributed by atoms with Gasteiger partial charge >= 0.3 is 6.03 Å². The van der Waals surface area contributed by atoms with Crippen LogP contribution in [0.4, 0.5) is 10.5 Å². The van der Waals surface area contributed by atoms with E-state index in [0.717, 1.165) is 24.9 Å². The number of likely N-dealkylation sites (tertiary alicyclic amines) is 1. The van der Waals surface area contributed by atoms with Crippen molar-refractivity contribution in [2.75, 3.05) is 31.6 Å². The molecule has 1 unspecified atom stereocenters. The number of rotatable bonds is 4. The lowest BCUT2D eigenvalue weighted by Crippen LogP contribution is -2.47. The molecule has 0 aromatic heterocycles. The van der Waals surface area contributed by atoms with E-state index in [0.29, 0.717) is 42.5 Å². The zero-order valence-electron chi connectivity index (χ0n) is 18.0. The average Bonchev–Trinajstić information content (AvgIpc) is 2.79. The molecule has 2 heterocycles. The topological polar surface area (TPSA) is 79.9 Å². The summed E-state index contributed by atoms with van der Waals surface area (Å²) in [6.07, 6.45) is 1.95. The molecule has 164 valence electrons. The molecule has 0 saturated carbocycles. The summed E-state index contributed by atoms with van der Waals surface area (Å²) in [5.74, 6) is 1.37. The number of hydrogen-bond donors (Lipinski definition) is 2. The van der Waals surface area contributed by atoms with Crippen LogP contribution >= 0.6 is 0 Å². The van der Waals surface area contributed by atoms with Crippen LogP contribution in [0.25, 0.3) is 0 Å². The summed E-state index contributed by atoms with van der Waals surface area (Å²) in [6.45, 7) is 6.38. The van der Waals surface area contributed by atoms with Gasteiger partial charge in [-0.1, -0.05) is 12.1 Å². The summed E-state index contributed by atoms with van der Waals surface area (Å²) in [5.41, 5.74) is 2.34. The first-order valence-corrected chi connectivity index (χ1v) is 10.9. The highest BCUT2D eigenvalue weighted by Gasteiger charge is 2.25. The Bertz CT molecular complexity index is 960. The van der Waals surface area contributed by atoms with Crippen molar-refractivity contribution in [2.24, 2.45) is 0 Å². The van der Waals surface area contributed by atoms with Crippen molar-refractivity contribution >= 4 is 17.6 Å². The molecule has 0 spiro atoms. The van der Waals surface area contributed by atoms with E-state index in [4.69, 9.17) is 9.47 Å². The first-order valence-electron chi connectivity index (χ1n) is 10.9. The highest BCUT2D eigenvalue weighted by Crippen LogP contribution is 2.33. The van der Waals surface area contributed by atoms with Crippen molar-refractivity contribution in [3.8, 4) is 11.5 Å². The van der Waals surface area contributed by atoms with Gasteiger partial charge in [0.2, 0.25) is 0 Å². The number of nitrogens with zero attached hydrogens (tertiary/aromatic N) is 1. The Hall–Kier alpha value is -3.22. The van der Waals surface area contributed by atoms with E-state index in [2.05, 4.69) is 10.6 Å². The second kappa shape index (κ2) is 9.29. The zero-order valence-corrected chi connectivity index (χ0v) is 18.0. The number of amides is 3. The van der Waals surface area contributed by atoms with Gasteiger partial charge < -0.3 is 25.0 Å². The van der Waals surface area contributed by atoms with Crippen LogP contribution < -0.4 is 20.1 Å². The Morgan fingerprint density at radius 2 is 1.87 bits per heavy atom. The minimum atomic E-state index is -0.177. The Kier molecular flexibility index (Phi) is 6.30. The van der Waals surface area contributed by atoms with Gasteiger partial charge in [-0.3, -0.25) is 4.79 Å². The quantitative estimate of drug-likeness (QED) is 0.779. The summed E-state index contributed by atoms with van der Waals surface area (Å²) in [5, 5.41) is 5.90. The van der Waals surface area contributed by atoms with Crippen molar-refractivity contribution in [1.82, 2.24) is 10.2 Å². The fourth-order valence-corrected chi connectivity index (χ4v) is 4.03. The van der Waals surface area contributed by atoms with E-state index in [1.165, 1.54) is 0 Å². The highest BCUT2D eigenvalue weighted by atomic mass is 16.6. The molecule has 2 aromatic carbocycles. The number of hydrogen-bond acceptors (Lipinski definition) is 4. The molecule has 2 aliphatic rings. The van der Waals surface area contributed by atoms with E-state index in [1.54, 1.807) is 12.1 Å². The third-order valence-electron chi connectivity index (χ3n) is 5.54. The first-order chi connectivity index (χ1) is 15.0. The van der Waals surface area contributed by atoms with Gasteiger partial charge in [-0.15, -0.1) is 0 Å². The third kappa shape index (κ3) is 5.10. The number of fused-ring (bicyclic) bond motifs is 1. The normalized spacial score (nSPS) is 17.9. The van der Waals surface area contributed by atoms with Crippen molar-refractivity contribution in [3.05, 3.63) is 53.6 Å². The van der Waals surface area contributed by atoms with Crippen LogP contribution in [0.2, 0.25) is 0 Å². The van der Waals surface area contributed by atoms with Gasteiger partial charge in [-0.25, -0.2) is 4.79 Å². The average molecular weight is 424 g/mol. The first kappa shape index (κ1) is 21.0. The monoisotopic (exact) mass is 423 g/mol. The second-order valence-corrected chi connectivity index (χ2v) is 8.33. The highest BCUT2D eigenvalue weighted by molar-refractivity contribution is 6.04. The fraction of sp³-hybridized carbons (Fsp3) is 0.417. The van der Waals surface area contributed by atoms with Crippen LogP contribution in [0.15, 0.2) is 42.5 Å². The smallest absolute Gasteiger partial charge is 0.317 e. The summed E-state index contributed by atoms with van der Waals surface area (Å²) < 4.78 is 11.1. The van der Waals surface area contributed by atoms with Gasteiger partial charge in [0, 0.05) is 42.4 Å². The van der Waals surface area contributed by atoms with Crippen molar-refractivity contribution in [2.45, 2.75) is 38.6 Å². The molecule has 4 rings (SSSR count). The summed E-state index contributed by atoms with van der Waals surface area (Å²) >= 11 is 0. The molecule has 1 fully saturated rings. The maximum Gasteiger partial charge on any atom is 0.317 e. The lowest BCUT2D eigenvalue weighted by Gasteiger charge is -2.33. The minimum absolute atomic E-state index is 0.0211. The largest absolute Gasteiger partial charge is 0.486 e. The number of nitrogens with one attached hydrogen (secondary N) is 2. The van der Waals surface area contributed by atoms with E-state index >= 15 is 0 Å². The second-order valence-electron chi connectivity index (χ2n) is 8.33. The van der Waals surface area contributed by atoms with Crippen LogP contribution in [0.5, 0.6) is 11.5 Å². The molecule has 7 nitrogen and oxygen atoms in total. The van der Waals surface area contributed by atoms with Crippen LogP contribution in [-0.2, 0) is 0 Å². The number of anilines is 1. The van der Waals surface area contributed by atoms with E-state index in [-0.39, 0.29) is 23.9 Å². The SMILES string of the molecule is CC(C)NC(=O)N1CCCC(c2cccc(C(=O)Nc3ccc4c(c3)OCCO4)c2)C1. The van der Waals surface area contributed by atoms with Crippen LogP contribution in [0.3, 0.4) is 0 Å². The fourth-order valence-electron chi connectivity index (χ4n) is 4.03. The molecule has 1 atom stereocenters. The number of carbonyl (C=O) groups excluding carboxylic acids is 2. The maximum atomic E-state index is 12.9. The predicted molar refractivity (Wildman–Crippen MR) is 119 cm³/mol. The Morgan fingerprint density at radius 3 is 2.68 bits per heavy atom. The molecule has 2 N–H and O–H groups in total. The van der Waals surface area contributed by atoms with Crippen molar-refractivity contribution < 1.29 is 19.1 Å². The Balaban J connectivity index is 1.44. The van der Waals surface area contributed by atoms with E-state index < -0.39 is 0 Å². The molecule has 0 bridgehead atoms. The van der Waals surface area contributed by atoms with E-state index in [1.807, 2.05) is 49.1 Å². The standard InChI is InChI=1S/C24H29N3O4/c1-16(2)25-24(29)27-10-4-7-19(15-27)17-5-3-6-18(13-17)23(28)26-20-8-9-21-22(14-20)31-12-11-30-21/h3,5-6,8-9,13-14,16,19H,4,7,10-12,15H2,1-2H3,(H,25,29)(H,26,28). The molecular weight excluding hydrogens is 394 g/mol. The predicted octanol–water partition coefficient (Wildman–Crippen LogP) is 4.01. The Labute approximate surface area is 182 Å². The zero-order chi connectivity index (χ0) is 21.8. The number of ether oxygens (including phenoxy) is 2. The van der Waals surface area contributed by atoms with Crippen LogP contribution in [0.1, 0.15) is 48.5 Å². The van der Waals surface area contributed by atoms with Crippen LogP contribution in [-0.4, -0.2) is 49.2 Å². The number of benzene rings is 2. The number of carbonyl (C=O) groups is 2.